The molecule has 1 heterocycles. The van der Waals surface area contributed by atoms with Crippen LogP contribution >= 0.6 is 0 Å². The number of esters is 4. The highest BCUT2D eigenvalue weighted by Gasteiger charge is 2.70. The number of hydrogen-bond acceptors (Lipinski definition) is 8. The molecule has 3 aliphatic carbocycles. The molecule has 1 aliphatic heterocycles. The maximum Gasteiger partial charge on any atom is 0.344 e. The maximum absolute atomic E-state index is 13.4. The molecule has 6 unspecified atom stereocenters. The first-order chi connectivity index (χ1) is 15.6. The van der Waals surface area contributed by atoms with E-state index in [-0.39, 0.29) is 17.8 Å². The van der Waals surface area contributed by atoms with Crippen molar-refractivity contribution in [2.75, 3.05) is 6.61 Å². The average Bonchev–Trinajstić information content (AvgIpc) is 3.41. The van der Waals surface area contributed by atoms with E-state index in [2.05, 4.69) is 0 Å². The zero-order valence-corrected chi connectivity index (χ0v) is 20.1. The summed E-state index contributed by atoms with van der Waals surface area (Å²) >= 11 is 0. The molecule has 0 N–H and O–H groups in total. The minimum absolute atomic E-state index is 0.150. The quantitative estimate of drug-likeness (QED) is 0.398. The monoisotopic (exact) mass is 464 g/mol. The van der Waals surface area contributed by atoms with Crippen molar-refractivity contribution in [3.05, 3.63) is 0 Å². The number of ether oxygens (including phenoxy) is 4. The molecule has 33 heavy (non-hydrogen) atoms. The molecule has 1 saturated heterocycles. The standard InChI is InChI=1S/C25H36O8/c1-5-24(3,4)23(29)30-13-16(26)31-19-15-12-14-17(21(27)32-20(14)19)18(15)22(28)33-25(6-2)10-8-7-9-11-25/h14-15,17-20H,5-13H2,1-4H3. The van der Waals surface area contributed by atoms with Crippen molar-refractivity contribution in [3.8, 4) is 0 Å². The Morgan fingerprint density at radius 3 is 2.42 bits per heavy atom. The van der Waals surface area contributed by atoms with Gasteiger partial charge in [-0.3, -0.25) is 14.4 Å². The number of rotatable bonds is 8. The molecule has 2 bridgehead atoms. The summed E-state index contributed by atoms with van der Waals surface area (Å²) < 4.78 is 22.4. The number of hydrogen-bond donors (Lipinski definition) is 0. The maximum atomic E-state index is 13.4. The Hall–Kier alpha value is -2.12. The fourth-order valence-electron chi connectivity index (χ4n) is 6.12. The summed E-state index contributed by atoms with van der Waals surface area (Å²) in [5, 5.41) is 0. The van der Waals surface area contributed by atoms with Gasteiger partial charge in [0.25, 0.3) is 0 Å². The molecule has 0 spiro atoms. The van der Waals surface area contributed by atoms with Crippen LogP contribution in [0.1, 0.15) is 79.1 Å². The van der Waals surface area contributed by atoms with Crippen LogP contribution < -0.4 is 0 Å². The third-order valence-electron chi connectivity index (χ3n) is 8.57. The summed E-state index contributed by atoms with van der Waals surface area (Å²) in [4.78, 5) is 50.6. The second-order valence-electron chi connectivity index (χ2n) is 10.8. The fraction of sp³-hybridized carbons (Fsp3) is 0.840. The normalized spacial score (nSPS) is 34.0. The lowest BCUT2D eigenvalue weighted by Gasteiger charge is -2.38. The van der Waals surface area contributed by atoms with Crippen LogP contribution in [0.25, 0.3) is 0 Å². The molecular weight excluding hydrogens is 428 g/mol. The molecule has 8 heteroatoms. The first-order valence-electron chi connectivity index (χ1n) is 12.4. The van der Waals surface area contributed by atoms with Crippen molar-refractivity contribution in [2.24, 2.45) is 29.1 Å². The van der Waals surface area contributed by atoms with Crippen molar-refractivity contribution in [1.82, 2.24) is 0 Å². The van der Waals surface area contributed by atoms with Gasteiger partial charge >= 0.3 is 23.9 Å². The molecule has 0 aromatic carbocycles. The van der Waals surface area contributed by atoms with Crippen LogP contribution in [0.3, 0.4) is 0 Å². The third-order valence-corrected chi connectivity index (χ3v) is 8.57. The zero-order valence-electron chi connectivity index (χ0n) is 20.1. The summed E-state index contributed by atoms with van der Waals surface area (Å²) in [6.45, 7) is 6.90. The van der Waals surface area contributed by atoms with Crippen LogP contribution in [-0.4, -0.2) is 48.3 Å². The van der Waals surface area contributed by atoms with Crippen molar-refractivity contribution in [3.63, 3.8) is 0 Å². The van der Waals surface area contributed by atoms with E-state index in [1.807, 2.05) is 13.8 Å². The van der Waals surface area contributed by atoms with Crippen LogP contribution in [0.2, 0.25) is 0 Å². The van der Waals surface area contributed by atoms with E-state index < -0.39 is 59.6 Å². The third kappa shape index (κ3) is 4.26. The van der Waals surface area contributed by atoms with Gasteiger partial charge in [0.05, 0.1) is 17.3 Å². The Labute approximate surface area is 195 Å². The smallest absolute Gasteiger partial charge is 0.344 e. The Morgan fingerprint density at radius 1 is 1.09 bits per heavy atom. The molecule has 4 fully saturated rings. The van der Waals surface area contributed by atoms with E-state index in [4.69, 9.17) is 18.9 Å². The Morgan fingerprint density at radius 2 is 1.79 bits per heavy atom. The Balaban J connectivity index is 1.43. The van der Waals surface area contributed by atoms with Gasteiger partial charge in [-0.2, -0.15) is 0 Å². The van der Waals surface area contributed by atoms with Gasteiger partial charge in [0.2, 0.25) is 0 Å². The largest absolute Gasteiger partial charge is 0.459 e. The van der Waals surface area contributed by atoms with Crippen molar-refractivity contribution < 1.29 is 38.1 Å². The van der Waals surface area contributed by atoms with Gasteiger partial charge in [0, 0.05) is 11.8 Å². The predicted molar refractivity (Wildman–Crippen MR) is 116 cm³/mol. The van der Waals surface area contributed by atoms with Crippen LogP contribution in [0.15, 0.2) is 0 Å². The van der Waals surface area contributed by atoms with E-state index in [9.17, 15) is 19.2 Å². The van der Waals surface area contributed by atoms with E-state index in [1.165, 1.54) is 0 Å². The summed E-state index contributed by atoms with van der Waals surface area (Å²) in [5.41, 5.74) is -1.16. The fourth-order valence-corrected chi connectivity index (χ4v) is 6.12. The van der Waals surface area contributed by atoms with Crippen molar-refractivity contribution >= 4 is 23.9 Å². The average molecular weight is 465 g/mol. The van der Waals surface area contributed by atoms with Gasteiger partial charge in [0.1, 0.15) is 17.8 Å². The van der Waals surface area contributed by atoms with Crippen LogP contribution in [0.5, 0.6) is 0 Å². The highest BCUT2D eigenvalue weighted by molar-refractivity contribution is 5.86. The first kappa shape index (κ1) is 24.0. The van der Waals surface area contributed by atoms with E-state index >= 15 is 0 Å². The molecule has 6 atom stereocenters. The highest BCUT2D eigenvalue weighted by atomic mass is 16.6. The Kier molecular flexibility index (Phi) is 6.49. The lowest BCUT2D eigenvalue weighted by molar-refractivity contribution is -0.180. The van der Waals surface area contributed by atoms with Gasteiger partial charge in [-0.1, -0.05) is 20.3 Å². The summed E-state index contributed by atoms with van der Waals surface area (Å²) in [7, 11) is 0. The number of fused-ring (bicyclic) bond motifs is 1. The minimum Gasteiger partial charge on any atom is -0.459 e. The molecule has 0 amide bonds. The van der Waals surface area contributed by atoms with E-state index in [0.717, 1.165) is 38.5 Å². The minimum atomic E-state index is -0.718. The molecule has 184 valence electrons. The summed E-state index contributed by atoms with van der Waals surface area (Å²) in [6.07, 6.45) is 5.52. The zero-order chi connectivity index (χ0) is 24.0. The SMILES string of the molecule is CCC1(OC(=O)C2C3CC4C(OC(=O)C42)C3OC(=O)COC(=O)C(C)(C)CC)CCCCC1. The van der Waals surface area contributed by atoms with Crippen molar-refractivity contribution in [2.45, 2.75) is 96.9 Å². The Bertz CT molecular complexity index is 811. The summed E-state index contributed by atoms with van der Waals surface area (Å²) in [6, 6.07) is 0. The molecule has 0 radical (unpaired) electrons. The lowest BCUT2D eigenvalue weighted by atomic mass is 9.77. The molecule has 3 saturated carbocycles. The molecule has 8 nitrogen and oxygen atoms in total. The molecular formula is C25H36O8. The van der Waals surface area contributed by atoms with Gasteiger partial charge < -0.3 is 18.9 Å². The lowest BCUT2D eigenvalue weighted by Crippen LogP contribution is -2.47. The second-order valence-corrected chi connectivity index (χ2v) is 10.8. The number of carbonyl (C=O) groups is 4. The van der Waals surface area contributed by atoms with E-state index in [0.29, 0.717) is 12.8 Å². The second kappa shape index (κ2) is 8.91. The molecule has 4 rings (SSSR count). The number of carbonyl (C=O) groups excluding carboxylic acids is 4. The highest BCUT2D eigenvalue weighted by Crippen LogP contribution is 2.59. The van der Waals surface area contributed by atoms with Crippen LogP contribution in [-0.2, 0) is 38.1 Å². The van der Waals surface area contributed by atoms with Crippen molar-refractivity contribution in [1.29, 1.82) is 0 Å². The first-order valence-corrected chi connectivity index (χ1v) is 12.4. The van der Waals surface area contributed by atoms with Gasteiger partial charge in [-0.15, -0.1) is 0 Å². The summed E-state index contributed by atoms with van der Waals surface area (Å²) in [5.74, 6) is -3.60. The van der Waals surface area contributed by atoms with Gasteiger partial charge in [-0.05, 0) is 58.8 Å². The molecule has 4 aliphatic rings. The van der Waals surface area contributed by atoms with Gasteiger partial charge in [0.15, 0.2) is 6.61 Å². The van der Waals surface area contributed by atoms with Gasteiger partial charge in [-0.25, -0.2) is 4.79 Å². The van der Waals surface area contributed by atoms with Crippen LogP contribution in [0.4, 0.5) is 0 Å². The van der Waals surface area contributed by atoms with E-state index in [1.54, 1.807) is 13.8 Å². The van der Waals surface area contributed by atoms with Crippen LogP contribution in [0, 0.1) is 29.1 Å². The molecule has 0 aromatic rings. The predicted octanol–water partition coefficient (Wildman–Crippen LogP) is 3.34. The molecule has 0 aromatic heterocycles. The topological polar surface area (TPSA) is 105 Å².